The summed E-state index contributed by atoms with van der Waals surface area (Å²) in [6, 6.07) is 9.16. The van der Waals surface area contributed by atoms with E-state index in [4.69, 9.17) is 4.52 Å². The van der Waals surface area contributed by atoms with Gasteiger partial charge in [-0.1, -0.05) is 16.8 Å². The van der Waals surface area contributed by atoms with Gasteiger partial charge in [-0.3, -0.25) is 5.32 Å². The highest BCUT2D eigenvalue weighted by Gasteiger charge is 2.10. The number of pyridine rings is 1. The first-order valence-corrected chi connectivity index (χ1v) is 6.94. The second kappa shape index (κ2) is 5.85. The molecule has 2 N–H and O–H groups in total. The zero-order valence-corrected chi connectivity index (χ0v) is 12.4. The summed E-state index contributed by atoms with van der Waals surface area (Å²) in [4.78, 5) is 16.0. The van der Waals surface area contributed by atoms with Gasteiger partial charge in [0.1, 0.15) is 11.5 Å². The molecule has 0 atom stereocenters. The molecule has 1 aromatic carbocycles. The molecule has 0 aliphatic heterocycles. The predicted molar refractivity (Wildman–Crippen MR) is 83.6 cm³/mol. The van der Waals surface area contributed by atoms with Gasteiger partial charge in [0.2, 0.25) is 0 Å². The summed E-state index contributed by atoms with van der Waals surface area (Å²) in [6.45, 7) is 4.22. The number of carbonyl (C=O) groups excluding carboxylic acids is 1. The molecular weight excluding hydrogens is 280 g/mol. The first kappa shape index (κ1) is 14.1. The van der Waals surface area contributed by atoms with Gasteiger partial charge in [-0.2, -0.15) is 0 Å². The maximum atomic E-state index is 11.9. The Labute approximate surface area is 127 Å². The molecule has 3 rings (SSSR count). The standard InChI is InChI=1S/C16H16N4O2/c1-10-3-4-14-12(7-10)13(20-22-14)9-18-16(21)19-15-8-11(2)5-6-17-15/h3-8H,9H2,1-2H3,(H2,17,18,19,21). The molecule has 0 radical (unpaired) electrons. The number of nitrogens with zero attached hydrogens (tertiary/aromatic N) is 2. The molecule has 6 nitrogen and oxygen atoms in total. The third kappa shape index (κ3) is 3.06. The van der Waals surface area contributed by atoms with Gasteiger partial charge in [-0.25, -0.2) is 9.78 Å². The van der Waals surface area contributed by atoms with Crippen molar-refractivity contribution in [1.29, 1.82) is 0 Å². The largest absolute Gasteiger partial charge is 0.356 e. The van der Waals surface area contributed by atoms with Crippen LogP contribution in [0.15, 0.2) is 41.1 Å². The van der Waals surface area contributed by atoms with Crippen molar-refractivity contribution < 1.29 is 9.32 Å². The molecule has 0 spiro atoms. The lowest BCUT2D eigenvalue weighted by Crippen LogP contribution is -2.28. The Kier molecular flexibility index (Phi) is 3.74. The van der Waals surface area contributed by atoms with Crippen molar-refractivity contribution in [3.05, 3.63) is 53.3 Å². The number of benzene rings is 1. The van der Waals surface area contributed by atoms with Crippen LogP contribution in [-0.2, 0) is 6.54 Å². The topological polar surface area (TPSA) is 80.0 Å². The van der Waals surface area contributed by atoms with Gasteiger partial charge in [-0.15, -0.1) is 0 Å². The lowest BCUT2D eigenvalue weighted by molar-refractivity contribution is 0.251. The zero-order chi connectivity index (χ0) is 15.5. The number of anilines is 1. The molecular formula is C16H16N4O2. The number of amides is 2. The van der Waals surface area contributed by atoms with E-state index in [0.29, 0.717) is 17.1 Å². The third-order valence-corrected chi connectivity index (χ3v) is 3.27. The van der Waals surface area contributed by atoms with E-state index in [1.807, 2.05) is 38.1 Å². The quantitative estimate of drug-likeness (QED) is 0.778. The number of fused-ring (bicyclic) bond motifs is 1. The minimum atomic E-state index is -0.332. The number of hydrogen-bond acceptors (Lipinski definition) is 4. The van der Waals surface area contributed by atoms with Gasteiger partial charge in [0, 0.05) is 11.6 Å². The lowest BCUT2D eigenvalue weighted by Gasteiger charge is -2.06. The fourth-order valence-corrected chi connectivity index (χ4v) is 2.16. The molecule has 0 aliphatic carbocycles. The minimum Gasteiger partial charge on any atom is -0.356 e. The highest BCUT2D eigenvalue weighted by atomic mass is 16.5. The average Bonchev–Trinajstić information content (AvgIpc) is 2.87. The van der Waals surface area contributed by atoms with Crippen molar-refractivity contribution >= 4 is 22.8 Å². The van der Waals surface area contributed by atoms with E-state index >= 15 is 0 Å². The van der Waals surface area contributed by atoms with Crippen LogP contribution in [0.25, 0.3) is 11.0 Å². The molecule has 112 valence electrons. The molecule has 0 fully saturated rings. The van der Waals surface area contributed by atoms with E-state index in [9.17, 15) is 4.79 Å². The van der Waals surface area contributed by atoms with Crippen molar-refractivity contribution in [2.24, 2.45) is 0 Å². The van der Waals surface area contributed by atoms with Gasteiger partial charge in [-0.05, 0) is 43.7 Å². The smallest absolute Gasteiger partial charge is 0.320 e. The molecule has 3 aromatic rings. The maximum absolute atomic E-state index is 11.9. The molecule has 0 bridgehead atoms. The second-order valence-electron chi connectivity index (χ2n) is 5.15. The highest BCUT2D eigenvalue weighted by molar-refractivity contribution is 5.88. The SMILES string of the molecule is Cc1ccnc(NC(=O)NCc2noc3ccc(C)cc23)c1. The van der Waals surface area contributed by atoms with Crippen LogP contribution in [0.1, 0.15) is 16.8 Å². The number of urea groups is 1. The van der Waals surface area contributed by atoms with Gasteiger partial charge in [0.15, 0.2) is 5.58 Å². The number of nitrogens with one attached hydrogen (secondary N) is 2. The monoisotopic (exact) mass is 296 g/mol. The molecule has 0 unspecified atom stereocenters. The van der Waals surface area contributed by atoms with E-state index in [1.165, 1.54) is 0 Å². The van der Waals surface area contributed by atoms with Gasteiger partial charge >= 0.3 is 6.03 Å². The normalized spacial score (nSPS) is 10.6. The van der Waals surface area contributed by atoms with Crippen molar-refractivity contribution in [3.8, 4) is 0 Å². The maximum Gasteiger partial charge on any atom is 0.320 e. The summed E-state index contributed by atoms with van der Waals surface area (Å²) in [5.74, 6) is 0.512. The van der Waals surface area contributed by atoms with Crippen molar-refractivity contribution in [2.75, 3.05) is 5.32 Å². The first-order valence-electron chi connectivity index (χ1n) is 6.94. The Bertz CT molecular complexity index is 826. The number of rotatable bonds is 3. The summed E-state index contributed by atoms with van der Waals surface area (Å²) < 4.78 is 5.24. The van der Waals surface area contributed by atoms with E-state index < -0.39 is 0 Å². The minimum absolute atomic E-state index is 0.286. The Morgan fingerprint density at radius 3 is 2.82 bits per heavy atom. The van der Waals surface area contributed by atoms with Crippen LogP contribution in [0.2, 0.25) is 0 Å². The van der Waals surface area contributed by atoms with E-state index in [1.54, 1.807) is 12.3 Å². The third-order valence-electron chi connectivity index (χ3n) is 3.27. The van der Waals surface area contributed by atoms with Crippen LogP contribution in [0, 0.1) is 13.8 Å². The predicted octanol–water partition coefficient (Wildman–Crippen LogP) is 3.16. The molecule has 0 saturated heterocycles. The summed E-state index contributed by atoms with van der Waals surface area (Å²) >= 11 is 0. The Morgan fingerprint density at radius 2 is 2.00 bits per heavy atom. The summed E-state index contributed by atoms with van der Waals surface area (Å²) in [7, 11) is 0. The van der Waals surface area contributed by atoms with Crippen LogP contribution in [-0.4, -0.2) is 16.2 Å². The number of aryl methyl sites for hydroxylation is 2. The van der Waals surface area contributed by atoms with E-state index in [2.05, 4.69) is 20.8 Å². The molecule has 2 amide bonds. The van der Waals surface area contributed by atoms with E-state index in [0.717, 1.165) is 16.5 Å². The Hall–Kier alpha value is -2.89. The van der Waals surface area contributed by atoms with E-state index in [-0.39, 0.29) is 12.6 Å². The van der Waals surface area contributed by atoms with Crippen molar-refractivity contribution in [1.82, 2.24) is 15.5 Å². The van der Waals surface area contributed by atoms with Crippen LogP contribution in [0.4, 0.5) is 10.6 Å². The average molecular weight is 296 g/mol. The summed E-state index contributed by atoms with van der Waals surface area (Å²) in [5.41, 5.74) is 3.56. The Balaban J connectivity index is 1.66. The molecule has 2 aromatic heterocycles. The summed E-state index contributed by atoms with van der Waals surface area (Å²) in [6.07, 6.45) is 1.65. The molecule has 0 aliphatic rings. The van der Waals surface area contributed by atoms with Gasteiger partial charge < -0.3 is 9.84 Å². The van der Waals surface area contributed by atoms with Crippen LogP contribution in [0.5, 0.6) is 0 Å². The summed E-state index contributed by atoms with van der Waals surface area (Å²) in [5, 5.41) is 10.3. The van der Waals surface area contributed by atoms with Crippen LogP contribution >= 0.6 is 0 Å². The molecule has 2 heterocycles. The fraction of sp³-hybridized carbons (Fsp3) is 0.188. The van der Waals surface area contributed by atoms with Gasteiger partial charge in [0.05, 0.1) is 6.54 Å². The second-order valence-corrected chi connectivity index (χ2v) is 5.15. The zero-order valence-electron chi connectivity index (χ0n) is 12.4. The van der Waals surface area contributed by atoms with Crippen LogP contribution < -0.4 is 10.6 Å². The van der Waals surface area contributed by atoms with Crippen molar-refractivity contribution in [3.63, 3.8) is 0 Å². The molecule has 6 heteroatoms. The number of hydrogen-bond donors (Lipinski definition) is 2. The number of aromatic nitrogens is 2. The fourth-order valence-electron chi connectivity index (χ4n) is 2.16. The first-order chi connectivity index (χ1) is 10.6. The van der Waals surface area contributed by atoms with Crippen molar-refractivity contribution in [2.45, 2.75) is 20.4 Å². The molecule has 22 heavy (non-hydrogen) atoms. The number of carbonyl (C=O) groups is 1. The Morgan fingerprint density at radius 1 is 1.18 bits per heavy atom. The molecule has 0 saturated carbocycles. The lowest BCUT2D eigenvalue weighted by atomic mass is 10.1. The van der Waals surface area contributed by atoms with Crippen LogP contribution in [0.3, 0.4) is 0 Å². The van der Waals surface area contributed by atoms with Gasteiger partial charge in [0.25, 0.3) is 0 Å². The highest BCUT2D eigenvalue weighted by Crippen LogP contribution is 2.19.